The van der Waals surface area contributed by atoms with Crippen LogP contribution in [0.3, 0.4) is 0 Å². The number of hydrogen-bond acceptors (Lipinski definition) is 3. The van der Waals surface area contributed by atoms with Gasteiger partial charge in [-0.2, -0.15) is 0 Å². The molecule has 0 aliphatic rings. The fourth-order valence-corrected chi connectivity index (χ4v) is 8.08. The van der Waals surface area contributed by atoms with Gasteiger partial charge < -0.3 is 4.52 Å². The van der Waals surface area contributed by atoms with E-state index in [-0.39, 0.29) is 6.10 Å². The molecule has 0 spiro atoms. The zero-order chi connectivity index (χ0) is 20.7. The SMILES string of the molecule is CC(CCc1ccccc1)OP(=NS(C)(=O)=O)(c1ccccc1)c1ccccc1. The molecule has 0 saturated heterocycles. The maximum atomic E-state index is 12.3. The van der Waals surface area contributed by atoms with Gasteiger partial charge in [-0.3, -0.25) is 0 Å². The zero-order valence-electron chi connectivity index (χ0n) is 16.7. The lowest BCUT2D eigenvalue weighted by molar-refractivity contribution is 0.238. The van der Waals surface area contributed by atoms with E-state index in [1.165, 1.54) is 5.56 Å². The van der Waals surface area contributed by atoms with Crippen LogP contribution in [0.5, 0.6) is 0 Å². The summed E-state index contributed by atoms with van der Waals surface area (Å²) >= 11 is 0. The molecule has 1 atom stereocenters. The predicted molar refractivity (Wildman–Crippen MR) is 122 cm³/mol. The van der Waals surface area contributed by atoms with Gasteiger partial charge >= 0.3 is 0 Å². The summed E-state index contributed by atoms with van der Waals surface area (Å²) < 4.78 is 35.6. The topological polar surface area (TPSA) is 55.7 Å². The first-order valence-electron chi connectivity index (χ1n) is 9.56. The summed E-state index contributed by atoms with van der Waals surface area (Å²) in [6.07, 6.45) is 2.58. The average Bonchev–Trinajstić information content (AvgIpc) is 2.73. The van der Waals surface area contributed by atoms with Gasteiger partial charge in [0.05, 0.1) is 12.4 Å². The van der Waals surface area contributed by atoms with E-state index >= 15 is 0 Å². The molecule has 0 radical (unpaired) electrons. The minimum absolute atomic E-state index is 0.172. The summed E-state index contributed by atoms with van der Waals surface area (Å²) in [7, 11) is -6.60. The molecule has 0 aliphatic heterocycles. The van der Waals surface area contributed by atoms with Crippen LogP contribution in [0.2, 0.25) is 0 Å². The number of rotatable bonds is 8. The summed E-state index contributed by atoms with van der Waals surface area (Å²) in [5.74, 6) is 0. The van der Waals surface area contributed by atoms with Gasteiger partial charge in [-0.1, -0.05) is 91.0 Å². The Morgan fingerprint density at radius 2 is 1.28 bits per heavy atom. The molecule has 3 aromatic carbocycles. The van der Waals surface area contributed by atoms with Gasteiger partial charge in [0.15, 0.2) is 7.28 Å². The van der Waals surface area contributed by atoms with Crippen molar-refractivity contribution in [3.05, 3.63) is 96.6 Å². The van der Waals surface area contributed by atoms with E-state index in [4.69, 9.17) is 4.52 Å². The standard InChI is InChI=1S/C23H26NO3PS/c1-20(18-19-21-12-6-3-7-13-21)27-28(24-29(2,25)26,22-14-8-4-9-15-22)23-16-10-5-11-17-23/h3-17,20H,18-19H2,1-2H3. The van der Waals surface area contributed by atoms with Crippen LogP contribution >= 0.6 is 7.28 Å². The van der Waals surface area contributed by atoms with E-state index in [9.17, 15) is 8.42 Å². The van der Waals surface area contributed by atoms with Crippen LogP contribution in [-0.4, -0.2) is 20.8 Å². The van der Waals surface area contributed by atoms with Crippen molar-refractivity contribution in [2.45, 2.75) is 25.9 Å². The maximum absolute atomic E-state index is 12.3. The second-order valence-corrected chi connectivity index (χ2v) is 11.5. The van der Waals surface area contributed by atoms with E-state index in [2.05, 4.69) is 16.3 Å². The number of sulfonamides is 1. The second-order valence-electron chi connectivity index (χ2n) is 7.00. The van der Waals surface area contributed by atoms with Crippen LogP contribution in [0, 0.1) is 0 Å². The highest BCUT2D eigenvalue weighted by molar-refractivity contribution is 7.95. The summed E-state index contributed by atoms with van der Waals surface area (Å²) in [4.78, 5) is 0. The van der Waals surface area contributed by atoms with Gasteiger partial charge in [0.25, 0.3) is 10.0 Å². The van der Waals surface area contributed by atoms with Gasteiger partial charge in [-0.25, -0.2) is 8.42 Å². The van der Waals surface area contributed by atoms with Gasteiger partial charge in [0, 0.05) is 10.6 Å². The lowest BCUT2D eigenvalue weighted by Crippen LogP contribution is -2.23. The van der Waals surface area contributed by atoms with E-state index in [1.807, 2.05) is 85.8 Å². The Kier molecular flexibility index (Phi) is 7.07. The first kappa shape index (κ1) is 21.5. The Morgan fingerprint density at radius 1 is 0.828 bits per heavy atom. The van der Waals surface area contributed by atoms with Crippen LogP contribution in [0.1, 0.15) is 18.9 Å². The number of nitrogens with zero attached hydrogens (tertiary/aromatic N) is 1. The molecule has 4 nitrogen and oxygen atoms in total. The van der Waals surface area contributed by atoms with Crippen LogP contribution in [-0.2, 0) is 21.0 Å². The predicted octanol–water partition coefficient (Wildman–Crippen LogP) is 4.75. The molecule has 0 bridgehead atoms. The second kappa shape index (κ2) is 9.53. The van der Waals surface area contributed by atoms with Crippen LogP contribution in [0.25, 0.3) is 0 Å². The van der Waals surface area contributed by atoms with Crippen LogP contribution in [0.15, 0.2) is 95.1 Å². The van der Waals surface area contributed by atoms with Crippen molar-refractivity contribution in [1.29, 1.82) is 0 Å². The van der Waals surface area contributed by atoms with Crippen molar-refractivity contribution in [3.8, 4) is 0 Å². The summed E-state index contributed by atoms with van der Waals surface area (Å²) in [5.41, 5.74) is 1.23. The molecule has 1 unspecified atom stereocenters. The van der Waals surface area contributed by atoms with Gasteiger partial charge in [-0.05, 0) is 25.3 Å². The number of hydrogen-bond donors (Lipinski definition) is 0. The van der Waals surface area contributed by atoms with Crippen molar-refractivity contribution in [2.24, 2.45) is 4.15 Å². The number of aryl methyl sites for hydroxylation is 1. The van der Waals surface area contributed by atoms with Crippen molar-refractivity contribution in [3.63, 3.8) is 0 Å². The van der Waals surface area contributed by atoms with Gasteiger partial charge in [0.2, 0.25) is 0 Å². The highest BCUT2D eigenvalue weighted by Crippen LogP contribution is 2.51. The average molecular weight is 428 g/mol. The van der Waals surface area contributed by atoms with E-state index in [1.54, 1.807) is 0 Å². The van der Waals surface area contributed by atoms with Crippen LogP contribution < -0.4 is 10.6 Å². The molecule has 0 aromatic heterocycles. The molecular formula is C23H26NO3PS. The Labute approximate surface area is 173 Å². The minimum Gasteiger partial charge on any atom is -0.333 e. The van der Waals surface area contributed by atoms with E-state index < -0.39 is 17.3 Å². The molecular weight excluding hydrogens is 401 g/mol. The Balaban J connectivity index is 2.03. The third kappa shape index (κ3) is 5.89. The van der Waals surface area contributed by atoms with E-state index in [0.29, 0.717) is 0 Å². The molecule has 3 aromatic rings. The summed E-state index contributed by atoms with van der Waals surface area (Å²) in [5, 5.41) is 1.59. The number of benzene rings is 3. The first-order chi connectivity index (χ1) is 13.9. The van der Waals surface area contributed by atoms with Crippen molar-refractivity contribution >= 4 is 27.9 Å². The molecule has 152 valence electrons. The Morgan fingerprint density at radius 3 is 1.72 bits per heavy atom. The Hall–Kier alpha value is -2.20. The molecule has 0 amide bonds. The Bertz CT molecular complexity index is 1030. The molecule has 0 aliphatic carbocycles. The molecule has 0 saturated carbocycles. The van der Waals surface area contributed by atoms with E-state index in [0.717, 1.165) is 29.7 Å². The monoisotopic (exact) mass is 427 g/mol. The fraction of sp³-hybridized carbons (Fsp3) is 0.217. The molecule has 6 heteroatoms. The van der Waals surface area contributed by atoms with Crippen LogP contribution in [0.4, 0.5) is 0 Å². The lowest BCUT2D eigenvalue weighted by atomic mass is 10.1. The molecule has 0 heterocycles. The largest absolute Gasteiger partial charge is 0.333 e. The normalized spacial score (nSPS) is 13.0. The summed E-state index contributed by atoms with van der Waals surface area (Å²) in [6, 6.07) is 29.2. The highest BCUT2D eigenvalue weighted by Gasteiger charge is 2.30. The molecule has 29 heavy (non-hydrogen) atoms. The molecule has 0 N–H and O–H groups in total. The molecule has 0 fully saturated rings. The molecule has 3 rings (SSSR count). The third-order valence-electron chi connectivity index (χ3n) is 4.49. The van der Waals surface area contributed by atoms with Crippen molar-refractivity contribution in [2.75, 3.05) is 6.26 Å². The maximum Gasteiger partial charge on any atom is 0.251 e. The minimum atomic E-state index is -3.64. The summed E-state index contributed by atoms with van der Waals surface area (Å²) in [6.45, 7) is 1.99. The zero-order valence-corrected chi connectivity index (χ0v) is 18.4. The van der Waals surface area contributed by atoms with Gasteiger partial charge in [-0.15, -0.1) is 4.15 Å². The van der Waals surface area contributed by atoms with Gasteiger partial charge in [0.1, 0.15) is 0 Å². The lowest BCUT2D eigenvalue weighted by Gasteiger charge is -2.28. The smallest absolute Gasteiger partial charge is 0.251 e. The fourth-order valence-electron chi connectivity index (χ4n) is 3.18. The highest BCUT2D eigenvalue weighted by atomic mass is 32.2. The van der Waals surface area contributed by atoms with Crippen molar-refractivity contribution < 1.29 is 12.9 Å². The quantitative estimate of drug-likeness (QED) is 0.488. The first-order valence-corrected chi connectivity index (χ1v) is 13.1. The van der Waals surface area contributed by atoms with Crippen molar-refractivity contribution in [1.82, 2.24) is 0 Å². The third-order valence-corrected chi connectivity index (χ3v) is 9.26.